The number of carbonyl (C=O) groups excluding carboxylic acids is 2. The molecule has 0 fully saturated rings. The fraction of sp³-hybridized carbons (Fsp3) is 0.369. The van der Waals surface area contributed by atoms with Crippen molar-refractivity contribution in [2.75, 3.05) is 0 Å². The van der Waals surface area contributed by atoms with Crippen molar-refractivity contribution < 1.29 is 107 Å². The normalized spacial score (nSPS) is 11.3. The fourth-order valence-corrected chi connectivity index (χ4v) is 9.95. The zero-order valence-corrected chi connectivity index (χ0v) is 68.4. The predicted molar refractivity (Wildman–Crippen MR) is 409 cm³/mol. The maximum Gasteiger partial charge on any atom is 2.00 e. The number of benzene rings is 6. The van der Waals surface area contributed by atoms with Crippen LogP contribution in [0.15, 0.2) is 190 Å². The van der Waals surface area contributed by atoms with Crippen molar-refractivity contribution in [3.8, 4) is 0 Å². The van der Waals surface area contributed by atoms with Crippen LogP contribution in [0.5, 0.6) is 0 Å². The molecule has 0 aliphatic rings. The van der Waals surface area contributed by atoms with Crippen LogP contribution >= 0.6 is 11.6 Å². The second-order valence-electron chi connectivity index (χ2n) is 25.6. The number of pyridine rings is 2. The van der Waals surface area contributed by atoms with Crippen molar-refractivity contribution in [2.45, 2.75) is 206 Å². The molecule has 0 aliphatic carbocycles. The van der Waals surface area contributed by atoms with Gasteiger partial charge >= 0.3 is 67.9 Å². The van der Waals surface area contributed by atoms with Gasteiger partial charge < -0.3 is 19.8 Å². The topological polar surface area (TPSA) is 153 Å². The van der Waals surface area contributed by atoms with Crippen molar-refractivity contribution in [3.63, 3.8) is 0 Å². The van der Waals surface area contributed by atoms with E-state index in [2.05, 4.69) is 210 Å². The molecule has 0 bridgehead atoms. The van der Waals surface area contributed by atoms with Gasteiger partial charge in [-0.25, -0.2) is 9.98 Å². The Bertz CT molecular complexity index is 3250. The van der Waals surface area contributed by atoms with E-state index in [0.717, 1.165) is 86.9 Å². The van der Waals surface area contributed by atoms with Gasteiger partial charge in [0.1, 0.15) is 0 Å². The summed E-state index contributed by atoms with van der Waals surface area (Å²) in [7, 11) is 0. The molecule has 2 heterocycles. The number of aryl methyl sites for hydroxylation is 4. The van der Waals surface area contributed by atoms with Crippen LogP contribution in [-0.4, -0.2) is 51.8 Å². The third-order valence-electron chi connectivity index (χ3n) is 14.9. The quantitative estimate of drug-likeness (QED) is 0.0269. The average molecular weight is 1460 g/mol. The smallest absolute Gasteiger partial charge is 0.857 e. The van der Waals surface area contributed by atoms with Crippen molar-refractivity contribution in [2.24, 2.45) is 20.0 Å². The van der Waals surface area contributed by atoms with Crippen molar-refractivity contribution in [1.82, 2.24) is 9.97 Å². The molecule has 0 atom stereocenters. The van der Waals surface area contributed by atoms with Gasteiger partial charge in [-0.1, -0.05) is 232 Å². The number of aliphatic hydroxyl groups excluding tert-OH is 1. The Morgan fingerprint density at radius 2 is 0.653 bits per heavy atom. The van der Waals surface area contributed by atoms with E-state index in [4.69, 9.17) is 33.9 Å². The summed E-state index contributed by atoms with van der Waals surface area (Å²) in [5.74, 6) is 2.92. The third-order valence-corrected chi connectivity index (χ3v) is 15.2. The summed E-state index contributed by atoms with van der Waals surface area (Å²) in [4.78, 5) is 44.0. The molecule has 0 saturated heterocycles. The zero-order valence-electron chi connectivity index (χ0n) is 64.6. The minimum atomic E-state index is -0.265. The standard InChI is InChI=1S/2C27H38N2O.C7H7Cl.2C7H9N.C7H7.2CHO.K.2Ni/c2*1-16(2)21-12-10-13-22(17(3)4)25(21)28-20(9)27(30)29-26-23(18(5)6)14-11-15-24(26)19(7)8;8-6-7-4-2-1-3-5-7;2*1-6-4-3-5-7(2)8-6;1-7-5-3-2-4-6-7;2*1-2;;;/h2*10-19H,1-9H3,(H,29,30);1-5H,6H2;2*3-5H,1-2H3;2-6H,1H2;2*1H;;;/q;;;;;3*-1;+1;;+2/p-1/i;;;;;;2*1D;;;. The van der Waals surface area contributed by atoms with Crippen LogP contribution in [0.2, 0.25) is 0 Å². The Hall–Kier alpha value is -5.98. The molecular formula is C84H109ClKN6Ni2O4-. The number of alkyl halides is 1. The van der Waals surface area contributed by atoms with E-state index in [1.807, 2.05) is 132 Å². The van der Waals surface area contributed by atoms with Crippen LogP contribution in [0.3, 0.4) is 0 Å². The van der Waals surface area contributed by atoms with E-state index in [9.17, 15) is 10.2 Å². The van der Waals surface area contributed by atoms with Crippen molar-refractivity contribution in [1.29, 1.82) is 0 Å². The predicted octanol–water partition coefficient (Wildman–Crippen LogP) is 20.1. The first-order valence-electron chi connectivity index (χ1n) is 33.8. The monoisotopic (exact) mass is 1460 g/mol. The molecular weight excluding hydrogens is 1350 g/mol. The Balaban J connectivity index is -0.00000123. The van der Waals surface area contributed by atoms with Gasteiger partial charge in [0.05, 0.1) is 28.5 Å². The number of hydrogen-bond donors (Lipinski definition) is 1. The fourth-order valence-electron chi connectivity index (χ4n) is 9.77. The number of aliphatic imine (C=N–C) groups is 4. The summed E-state index contributed by atoms with van der Waals surface area (Å²) < 4.78 is 10.8. The molecule has 8 rings (SSSR count). The molecule has 10 nitrogen and oxygen atoms in total. The van der Waals surface area contributed by atoms with Crippen molar-refractivity contribution in [3.05, 3.63) is 255 Å². The minimum absolute atomic E-state index is 0. The molecule has 6 aromatic carbocycles. The van der Waals surface area contributed by atoms with E-state index >= 15 is 0 Å². The van der Waals surface area contributed by atoms with Crippen LogP contribution in [0.1, 0.15) is 253 Å². The number of rotatable bonds is 15. The second-order valence-corrected chi connectivity index (χ2v) is 25.8. The van der Waals surface area contributed by atoms with Crippen LogP contribution in [0, 0.1) is 34.6 Å². The molecule has 0 radical (unpaired) electrons. The third kappa shape index (κ3) is 34.4. The zero-order chi connectivity index (χ0) is 73.5. The maximum absolute atomic E-state index is 13.1. The molecule has 0 spiro atoms. The molecule has 0 saturated carbocycles. The van der Waals surface area contributed by atoms with Gasteiger partial charge in [0.2, 0.25) is 5.90 Å². The first-order valence-corrected chi connectivity index (χ1v) is 33.4. The first kappa shape index (κ1) is 92.0. The van der Waals surface area contributed by atoms with E-state index < -0.39 is 0 Å². The van der Waals surface area contributed by atoms with Gasteiger partial charge in [-0.15, -0.1) is 23.7 Å². The Morgan fingerprint density at radius 1 is 0.429 bits per heavy atom. The van der Waals surface area contributed by atoms with E-state index in [1.165, 1.54) is 27.8 Å². The number of aliphatic hydroxyl groups is 1. The number of nitrogens with zero attached hydrogens (tertiary/aromatic N) is 6. The summed E-state index contributed by atoms with van der Waals surface area (Å²) in [5.41, 5.74) is 20.3. The maximum atomic E-state index is 13.1. The Kier molecular flexibility index (Phi) is 48.9. The van der Waals surface area contributed by atoms with Crippen molar-refractivity contribution >= 4 is 71.1 Å². The summed E-state index contributed by atoms with van der Waals surface area (Å²) >= 11 is 5.53. The van der Waals surface area contributed by atoms with Gasteiger partial charge in [-0.2, -0.15) is 27.4 Å². The molecule has 528 valence electrons. The number of hydrogen-bond acceptors (Lipinski definition) is 9. The van der Waals surface area contributed by atoms with Gasteiger partial charge in [0, 0.05) is 56.8 Å². The number of halogens is 1. The van der Waals surface area contributed by atoms with Crippen LogP contribution in [-0.2, 0) is 48.5 Å². The van der Waals surface area contributed by atoms with Gasteiger partial charge in [-0.3, -0.25) is 33.5 Å². The molecule has 0 unspecified atom stereocenters. The van der Waals surface area contributed by atoms with E-state index in [0.29, 0.717) is 64.6 Å². The van der Waals surface area contributed by atoms with Gasteiger partial charge in [0.25, 0.3) is 0 Å². The summed E-state index contributed by atoms with van der Waals surface area (Å²) in [6.45, 7) is 51.3. The van der Waals surface area contributed by atoms with E-state index in [-0.39, 0.29) is 96.2 Å². The molecule has 2 aromatic heterocycles. The molecule has 8 aromatic rings. The molecule has 98 heavy (non-hydrogen) atoms. The Morgan fingerprint density at radius 3 is 0.857 bits per heavy atom. The Labute approximate surface area is 662 Å². The summed E-state index contributed by atoms with van der Waals surface area (Å²) in [5, 5.41) is 24.1. The first-order chi connectivity index (χ1) is 45.8. The van der Waals surface area contributed by atoms with Gasteiger partial charge in [0.15, 0.2) is 0 Å². The molecule has 0 aliphatic heterocycles. The molecule has 14 heteroatoms. The summed E-state index contributed by atoms with van der Waals surface area (Å²) in [6, 6.07) is 57.0. The molecule has 0 amide bonds. The largest absolute Gasteiger partial charge is 2.00 e. The SMILES string of the molecule is CC(=Nc1c(C(C)C)cccc1C(C)C)C(O)=Nc1c(C(C)C)cccc1C(C)C.CC(=Nc1c(C(C)C)cccc1C(C)C)C([O-])=Nc1c(C(C)C)cccc1C(C)C.Cc1cccc(C)n1.Cc1cccc(C)n1.ClCc1ccccc1.[2H][C-]=O.[2H][C-]=O.[CH2-]c1ccccc1.[K+].[Ni+2].[Ni]. The van der Waals surface area contributed by atoms with E-state index in [1.54, 1.807) is 6.92 Å². The van der Waals surface area contributed by atoms with Crippen LogP contribution < -0.4 is 56.5 Å². The van der Waals surface area contributed by atoms with Gasteiger partial charge in [-0.05, 0) is 163 Å². The number of para-hydroxylation sites is 4. The minimum Gasteiger partial charge on any atom is -0.857 e. The average Bonchev–Trinajstić information content (AvgIpc) is 0.825. The molecule has 1 N–H and O–H groups in total. The van der Waals surface area contributed by atoms with Crippen LogP contribution in [0.4, 0.5) is 22.7 Å². The summed E-state index contributed by atoms with van der Waals surface area (Å²) in [6.07, 6.45) is 0. The second kappa shape index (κ2) is 52.1. The van der Waals surface area contributed by atoms with Crippen LogP contribution in [0.25, 0.3) is 0 Å². The number of aromatic nitrogens is 2.